The van der Waals surface area contributed by atoms with Gasteiger partial charge in [-0.3, -0.25) is 74.5 Å². The number of aliphatic hydroxyl groups excluding tert-OH is 5. The van der Waals surface area contributed by atoms with Crippen molar-refractivity contribution in [3.05, 3.63) is 62.7 Å². The highest BCUT2D eigenvalue weighted by Gasteiger charge is 2.53. The van der Waals surface area contributed by atoms with E-state index in [4.69, 9.17) is 69.2 Å². The molecule has 4 fully saturated rings. The van der Waals surface area contributed by atoms with E-state index < -0.39 is 191 Å². The lowest BCUT2D eigenvalue weighted by Gasteiger charge is -2.38. The fourth-order valence-electron chi connectivity index (χ4n) is 10.9. The van der Waals surface area contributed by atoms with E-state index in [1.807, 2.05) is 0 Å². The number of aromatic amines is 3. The number of fused-ring (bicyclic) bond motifs is 4. The summed E-state index contributed by atoms with van der Waals surface area (Å²) in [4.78, 5) is 144. The fraction of sp³-hybridized carbons (Fsp3) is 0.524. The predicted octanol–water partition coefficient (Wildman–Crippen LogP) is -9.28. The minimum atomic E-state index is -6.27. The van der Waals surface area contributed by atoms with Crippen LogP contribution in [-0.4, -0.2) is 205 Å². The number of hydrogen-bond acceptors (Lipinski definition) is 43. The number of nitrogens with zero attached hydrogens (tertiary/aromatic N) is 13. The van der Waals surface area contributed by atoms with Crippen molar-refractivity contribution in [2.45, 2.75) is 98.2 Å². The van der Waals surface area contributed by atoms with Crippen LogP contribution in [0.25, 0.3) is 44.7 Å². The number of nitrogens with one attached hydrogen (secondary N) is 3. The van der Waals surface area contributed by atoms with Gasteiger partial charge in [0, 0.05) is 7.11 Å². The molecule has 98 heavy (non-hydrogen) atoms. The molecule has 21 unspecified atom stereocenters. The molecule has 534 valence electrons. The van der Waals surface area contributed by atoms with Crippen molar-refractivity contribution in [1.29, 1.82) is 0 Å². The Bertz CT molecular complexity index is 4830. The molecule has 8 aromatic rings. The van der Waals surface area contributed by atoms with Crippen molar-refractivity contribution in [2.75, 3.05) is 56.5 Å². The fourth-order valence-corrected chi connectivity index (χ4v) is 17.7. The topological polar surface area (TPSA) is 734 Å². The van der Waals surface area contributed by atoms with Crippen molar-refractivity contribution in [3.63, 3.8) is 0 Å². The van der Waals surface area contributed by atoms with Crippen LogP contribution in [0.5, 0.6) is 0 Å². The average Bonchev–Trinajstić information content (AvgIpc) is 1.62. The van der Waals surface area contributed by atoms with Gasteiger partial charge < -0.3 is 124 Å². The van der Waals surface area contributed by atoms with Crippen molar-refractivity contribution in [3.8, 4) is 0 Å². The largest absolute Gasteiger partial charge is 0.779 e. The molecule has 0 bridgehead atoms. The van der Waals surface area contributed by atoms with Crippen LogP contribution < -0.4 is 68.6 Å². The highest BCUT2D eigenvalue weighted by Crippen LogP contribution is 2.63. The highest BCUT2D eigenvalue weighted by atomic mass is 32.5. The molecule has 12 heterocycles. The van der Waals surface area contributed by atoms with Crippen LogP contribution in [-0.2, 0) is 96.6 Å². The molecule has 50 nitrogen and oxygen atoms in total. The van der Waals surface area contributed by atoms with Gasteiger partial charge in [-0.2, -0.15) is 9.97 Å². The monoisotopic (exact) mass is 1500 g/mol. The third-order valence-corrected chi connectivity index (χ3v) is 22.5. The first-order valence-electron chi connectivity index (χ1n) is 27.6. The van der Waals surface area contributed by atoms with E-state index in [9.17, 15) is 82.6 Å². The Hall–Kier alpha value is -6.55. The van der Waals surface area contributed by atoms with Gasteiger partial charge >= 0.3 is 5.65 Å². The van der Waals surface area contributed by atoms with Crippen LogP contribution in [0.1, 0.15) is 24.9 Å². The minimum absolute atomic E-state index is 0.0491. The normalized spacial score (nSPS) is 30.7. The van der Waals surface area contributed by atoms with E-state index in [1.54, 1.807) is 0 Å². The molecule has 8 aromatic heterocycles. The van der Waals surface area contributed by atoms with Gasteiger partial charge in [0.2, 0.25) is 23.6 Å². The molecule has 0 amide bonds. The van der Waals surface area contributed by atoms with E-state index in [-0.39, 0.29) is 56.9 Å². The number of nitrogen functional groups attached to an aromatic ring is 4. The number of rotatable bonds is 25. The molecular formula is C42H51N20O30P5S-4. The number of anilines is 4. The van der Waals surface area contributed by atoms with Gasteiger partial charge in [0.05, 0.1) is 52.5 Å². The summed E-state index contributed by atoms with van der Waals surface area (Å²) in [6.45, 7) is -11.1. The smallest absolute Gasteiger partial charge is 0.313 e. The Morgan fingerprint density at radius 3 is 1.57 bits per heavy atom. The molecule has 21 atom stereocenters. The number of hydrogen-bond donors (Lipinski definition) is 12. The first-order chi connectivity index (χ1) is 46.0. The zero-order chi connectivity index (χ0) is 70.6. The van der Waals surface area contributed by atoms with Crippen LogP contribution in [0.4, 0.5) is 23.7 Å². The van der Waals surface area contributed by atoms with Crippen LogP contribution in [0.3, 0.4) is 0 Å². The van der Waals surface area contributed by atoms with Crippen molar-refractivity contribution >= 4 is 118 Å². The number of aromatic nitrogens is 16. The Balaban J connectivity index is 0.740. The Morgan fingerprint density at radius 1 is 0.551 bits per heavy atom. The standard InChI is InChI=1S/C42H55N20O30P5S/c1-58-11-62(32-19(58)35(70)57-42(46)54-32)37-23(66)21(64)13(86-37)4-83-95(75,76)91-97(79,98)92-96(77,78)84-6-15-26(27(80-2)39(88-15)59-8-49-16-28(43)47-7-48-29(16)59)90-94(73,74)82-5-14-25(24(67)38(87-14)61-10-51-18-31(61)53-41(45)56-34(18)69)89-93(71,72)81-3-12-20(63)22(65)36(85-12)60-9-50-17-30(60)52-40(44)55-33(17)68/h7-15,20-27,36-39,63-67H,3-6H2,1-2H3,(H15-,43,44,45,46,47,48,52,53,54,55,56,57,68,69,70,71,72,73,74,75,76,77,78,79,98)/p-4. The summed E-state index contributed by atoms with van der Waals surface area (Å²) in [5.41, 5.74) is 19.1. The molecule has 4 aliphatic rings. The minimum Gasteiger partial charge on any atom is -0.779 e. The third kappa shape index (κ3) is 14.1. The Kier molecular flexibility index (Phi) is 19.5. The summed E-state index contributed by atoms with van der Waals surface area (Å²) >= 11 is 4.54. The molecule has 4 aliphatic heterocycles. The number of aliphatic hydroxyl groups is 5. The van der Waals surface area contributed by atoms with Gasteiger partial charge in [-0.25, -0.2) is 29.5 Å². The quantitative estimate of drug-likeness (QED) is 0.0187. The van der Waals surface area contributed by atoms with E-state index in [2.05, 4.69) is 79.8 Å². The van der Waals surface area contributed by atoms with E-state index in [0.717, 1.165) is 50.7 Å². The summed E-state index contributed by atoms with van der Waals surface area (Å²) in [7, 11) is -21.9. The number of phosphoric acid groups is 4. The van der Waals surface area contributed by atoms with Crippen LogP contribution in [0.2, 0.25) is 0 Å². The second-order valence-corrected chi connectivity index (χ2v) is 30.1. The zero-order valence-electron chi connectivity index (χ0n) is 49.2. The maximum Gasteiger partial charge on any atom is 0.313 e. The second-order valence-electron chi connectivity index (χ2n) is 21.5. The van der Waals surface area contributed by atoms with Gasteiger partial charge in [-0.1, -0.05) is 16.8 Å². The Labute approximate surface area is 546 Å². The number of H-pyrrole nitrogens is 3. The maximum absolute atomic E-state index is 14.2. The predicted molar refractivity (Wildman–Crippen MR) is 308 cm³/mol. The summed E-state index contributed by atoms with van der Waals surface area (Å²) in [6.07, 6.45) is -25.2. The number of aryl methyl sites for hydroxylation is 1. The summed E-state index contributed by atoms with van der Waals surface area (Å²) < 4.78 is 128. The zero-order valence-corrected chi connectivity index (χ0v) is 54.5. The number of nitrogens with two attached hydrogens (primary N) is 4. The molecule has 0 saturated carbocycles. The first kappa shape index (κ1) is 71.3. The van der Waals surface area contributed by atoms with E-state index in [1.165, 1.54) is 17.9 Å². The van der Waals surface area contributed by atoms with Gasteiger partial charge in [-0.05, 0) is 0 Å². The van der Waals surface area contributed by atoms with Gasteiger partial charge in [0.15, 0.2) is 58.8 Å². The van der Waals surface area contributed by atoms with E-state index in [0.29, 0.717) is 0 Å². The summed E-state index contributed by atoms with van der Waals surface area (Å²) in [6, 6.07) is 0. The van der Waals surface area contributed by atoms with Crippen LogP contribution in [0.15, 0.2) is 46.0 Å². The second kappa shape index (κ2) is 26.8. The van der Waals surface area contributed by atoms with Gasteiger partial charge in [-0.15, -0.1) is 0 Å². The first-order valence-corrected chi connectivity index (χ1v) is 36.0. The molecule has 0 aliphatic carbocycles. The Morgan fingerprint density at radius 2 is 1.00 bits per heavy atom. The molecule has 0 aromatic carbocycles. The van der Waals surface area contributed by atoms with Crippen molar-refractivity contribution < 1.29 is 132 Å². The van der Waals surface area contributed by atoms with Crippen LogP contribution in [0, 0.1) is 0 Å². The summed E-state index contributed by atoms with van der Waals surface area (Å²) in [5.74, 6) is -1.35. The number of phosphoric ester groups is 4. The van der Waals surface area contributed by atoms with Gasteiger partial charge in [0.25, 0.3) is 53.9 Å². The lowest BCUT2D eigenvalue weighted by molar-refractivity contribution is -0.745. The molecule has 56 heteroatoms. The number of ether oxygens (including phenoxy) is 5. The molecule has 0 spiro atoms. The van der Waals surface area contributed by atoms with Crippen LogP contribution >= 0.6 is 38.0 Å². The summed E-state index contributed by atoms with van der Waals surface area (Å²) in [5, 5.41) is 55.3. The SMILES string of the molecule is COC1C(OP(=O)([O-])OCC2OC(n3cnc4c(=O)[nH]c(N)nc43)C(O)C2OP(=O)([O-])OCC2OC(n3cnc4c(=O)[nH]c(N)nc43)C(O)C2O)C(COP(=O)([O-])OP([O-])(=S)OP(=O)([O-])OCC2OC([n+]3cn(C)c4c(=O)[nH]c(N)nc43)C(O)C2O)OC1n1cnc2c(N)ncnc21. The van der Waals surface area contributed by atoms with Crippen molar-refractivity contribution in [2.24, 2.45) is 7.05 Å². The van der Waals surface area contributed by atoms with Crippen molar-refractivity contribution in [1.82, 2.24) is 73.1 Å². The molecule has 16 N–H and O–H groups in total. The third-order valence-electron chi connectivity index (χ3n) is 15.2. The number of imidazole rings is 4. The number of methoxy groups -OCH3 is 1. The molecular weight excluding hydrogens is 1450 g/mol. The lowest BCUT2D eigenvalue weighted by Crippen LogP contribution is -2.46. The maximum atomic E-state index is 14.2. The molecule has 0 radical (unpaired) electrons. The molecule has 4 saturated heterocycles. The average molecular weight is 1500 g/mol. The van der Waals surface area contributed by atoms with E-state index >= 15 is 0 Å². The lowest BCUT2D eigenvalue weighted by atomic mass is 10.1. The van der Waals surface area contributed by atoms with Gasteiger partial charge in [0.1, 0.15) is 91.8 Å². The molecule has 12 rings (SSSR count). The highest BCUT2D eigenvalue weighted by molar-refractivity contribution is 8.09.